The maximum atomic E-state index is 14.1. The number of anilines is 2. The second-order valence-electron chi connectivity index (χ2n) is 9.78. The fourth-order valence-electron chi connectivity index (χ4n) is 3.51. The van der Waals surface area contributed by atoms with Crippen molar-refractivity contribution in [2.75, 3.05) is 37.4 Å². The summed E-state index contributed by atoms with van der Waals surface area (Å²) in [5.41, 5.74) is 2.20. The lowest BCUT2D eigenvalue weighted by molar-refractivity contribution is -0.116. The van der Waals surface area contributed by atoms with Crippen LogP contribution in [0.1, 0.15) is 38.4 Å². The molecule has 0 atom stereocenters. The highest BCUT2D eigenvalue weighted by molar-refractivity contribution is 5.96. The van der Waals surface area contributed by atoms with E-state index in [0.717, 1.165) is 29.1 Å². The molecule has 10 heteroatoms. The van der Waals surface area contributed by atoms with Gasteiger partial charge in [-0.1, -0.05) is 38.5 Å². The van der Waals surface area contributed by atoms with Crippen molar-refractivity contribution in [2.45, 2.75) is 39.5 Å². The molecular weight excluding hydrogens is 480 g/mol. The molecule has 3 aromatic rings. The Kier molecular flexibility index (Phi) is 8.99. The Morgan fingerprint density at radius 1 is 1.05 bits per heavy atom. The van der Waals surface area contributed by atoms with Gasteiger partial charge in [0.15, 0.2) is 0 Å². The third kappa shape index (κ3) is 7.60. The highest BCUT2D eigenvalue weighted by atomic mass is 19.1. The Morgan fingerprint density at radius 3 is 2.38 bits per heavy atom. The molecule has 0 aliphatic heterocycles. The smallest absolute Gasteiger partial charge is 0.322 e. The number of aryl methyl sites for hydroxylation is 1. The first-order chi connectivity index (χ1) is 17.5. The van der Waals surface area contributed by atoms with E-state index in [-0.39, 0.29) is 24.2 Å². The number of nitrogens with zero attached hydrogens (tertiary/aromatic N) is 3. The molecule has 0 saturated heterocycles. The van der Waals surface area contributed by atoms with Crippen molar-refractivity contribution in [1.82, 2.24) is 14.7 Å². The van der Waals surface area contributed by atoms with E-state index in [1.54, 1.807) is 10.7 Å². The number of hydrogen-bond donors (Lipinski definition) is 2. The summed E-state index contributed by atoms with van der Waals surface area (Å²) in [4.78, 5) is 27.2. The van der Waals surface area contributed by atoms with E-state index in [2.05, 4.69) is 10.6 Å². The lowest BCUT2D eigenvalue weighted by atomic mass is 9.92. The molecule has 2 aromatic carbocycles. The van der Waals surface area contributed by atoms with Crippen LogP contribution in [0.4, 0.5) is 25.1 Å². The van der Waals surface area contributed by atoms with Crippen LogP contribution in [0.2, 0.25) is 0 Å². The van der Waals surface area contributed by atoms with E-state index in [1.165, 1.54) is 12.0 Å². The third-order valence-corrected chi connectivity index (χ3v) is 5.59. The second-order valence-corrected chi connectivity index (χ2v) is 9.78. The number of amides is 3. The summed E-state index contributed by atoms with van der Waals surface area (Å²) in [5.74, 6) is -1.67. The average Bonchev–Trinajstić information content (AvgIpc) is 3.25. The maximum Gasteiger partial charge on any atom is 0.322 e. The standard InChI is InChI=1S/C27H33F2N5O3/c1-18-7-10-20(11-8-18)34-24(16-23(32-34)27(2,3)4)31-25(35)17-33(13-6-14-37-5)26(36)30-22-12-9-19(28)15-21(22)29/h7-12,15-16H,6,13-14,17H2,1-5H3,(H,30,36)(H,31,35). The largest absolute Gasteiger partial charge is 0.385 e. The van der Waals surface area contributed by atoms with Crippen LogP contribution in [-0.2, 0) is 14.9 Å². The van der Waals surface area contributed by atoms with Crippen molar-refractivity contribution in [3.05, 3.63) is 71.4 Å². The zero-order valence-corrected chi connectivity index (χ0v) is 21.8. The predicted octanol–water partition coefficient (Wildman–Crippen LogP) is 5.27. The van der Waals surface area contributed by atoms with Gasteiger partial charge in [-0.3, -0.25) is 4.79 Å². The Morgan fingerprint density at radius 2 is 1.76 bits per heavy atom. The zero-order chi connectivity index (χ0) is 27.2. The normalized spacial score (nSPS) is 11.3. The quantitative estimate of drug-likeness (QED) is 0.382. The van der Waals surface area contributed by atoms with Crippen LogP contribution < -0.4 is 10.6 Å². The molecule has 3 amide bonds. The van der Waals surface area contributed by atoms with Crippen LogP contribution in [0.5, 0.6) is 0 Å². The minimum atomic E-state index is -0.911. The van der Waals surface area contributed by atoms with E-state index in [9.17, 15) is 18.4 Å². The van der Waals surface area contributed by atoms with Gasteiger partial charge in [0.05, 0.1) is 17.1 Å². The van der Waals surface area contributed by atoms with Crippen LogP contribution >= 0.6 is 0 Å². The molecule has 198 valence electrons. The number of carbonyl (C=O) groups is 2. The van der Waals surface area contributed by atoms with Gasteiger partial charge >= 0.3 is 6.03 Å². The first kappa shape index (κ1) is 27.8. The molecule has 8 nitrogen and oxygen atoms in total. The van der Waals surface area contributed by atoms with E-state index in [0.29, 0.717) is 24.9 Å². The van der Waals surface area contributed by atoms with Gasteiger partial charge in [0.25, 0.3) is 0 Å². The third-order valence-electron chi connectivity index (χ3n) is 5.59. The number of aromatic nitrogens is 2. The van der Waals surface area contributed by atoms with Crippen molar-refractivity contribution in [3.63, 3.8) is 0 Å². The van der Waals surface area contributed by atoms with Crippen molar-refractivity contribution < 1.29 is 23.1 Å². The molecule has 0 saturated carbocycles. The first-order valence-corrected chi connectivity index (χ1v) is 12.0. The lowest BCUT2D eigenvalue weighted by Crippen LogP contribution is -2.41. The molecular formula is C27H33F2N5O3. The molecule has 0 aliphatic rings. The summed E-state index contributed by atoms with van der Waals surface area (Å²) in [6.07, 6.45) is 0.457. The number of ether oxygens (including phenoxy) is 1. The van der Waals surface area contributed by atoms with E-state index in [4.69, 9.17) is 9.84 Å². The Labute approximate surface area is 215 Å². The fraction of sp³-hybridized carbons (Fsp3) is 0.370. The van der Waals surface area contributed by atoms with Gasteiger partial charge < -0.3 is 20.3 Å². The van der Waals surface area contributed by atoms with Crippen LogP contribution in [-0.4, -0.2) is 53.4 Å². The number of benzene rings is 2. The Balaban J connectivity index is 1.81. The first-order valence-electron chi connectivity index (χ1n) is 12.0. The summed E-state index contributed by atoms with van der Waals surface area (Å²) in [5, 5.41) is 9.97. The molecule has 0 radical (unpaired) electrons. The topological polar surface area (TPSA) is 88.5 Å². The summed E-state index contributed by atoms with van der Waals surface area (Å²) < 4.78 is 34.0. The van der Waals surface area contributed by atoms with Gasteiger partial charge in [0.2, 0.25) is 5.91 Å². The molecule has 1 heterocycles. The molecule has 0 bridgehead atoms. The summed E-state index contributed by atoms with van der Waals surface area (Å²) in [6.45, 7) is 8.30. The minimum Gasteiger partial charge on any atom is -0.385 e. The average molecular weight is 514 g/mol. The molecule has 0 unspecified atom stereocenters. The Bertz CT molecular complexity index is 1240. The number of rotatable bonds is 9. The number of methoxy groups -OCH3 is 1. The Hall–Kier alpha value is -3.79. The number of carbonyl (C=O) groups excluding carboxylic acids is 2. The molecule has 37 heavy (non-hydrogen) atoms. The van der Waals surface area contributed by atoms with Crippen LogP contribution in [0, 0.1) is 18.6 Å². The highest BCUT2D eigenvalue weighted by Crippen LogP contribution is 2.26. The van der Waals surface area contributed by atoms with Gasteiger partial charge in [-0.05, 0) is 37.6 Å². The molecule has 3 rings (SSSR count). The highest BCUT2D eigenvalue weighted by Gasteiger charge is 2.23. The van der Waals surface area contributed by atoms with Gasteiger partial charge in [-0.15, -0.1) is 0 Å². The SMILES string of the molecule is COCCCN(CC(=O)Nc1cc(C(C)(C)C)nn1-c1ccc(C)cc1)C(=O)Nc1ccc(F)cc1F. The number of nitrogens with one attached hydrogen (secondary N) is 2. The zero-order valence-electron chi connectivity index (χ0n) is 21.8. The van der Waals surface area contributed by atoms with Gasteiger partial charge in [-0.2, -0.15) is 5.10 Å². The van der Waals surface area contributed by atoms with Crippen molar-refractivity contribution in [3.8, 4) is 5.69 Å². The van der Waals surface area contributed by atoms with Gasteiger partial charge in [0, 0.05) is 37.8 Å². The molecule has 1 aromatic heterocycles. The molecule has 2 N–H and O–H groups in total. The summed E-state index contributed by atoms with van der Waals surface area (Å²) in [6, 6.07) is 11.7. The van der Waals surface area contributed by atoms with Crippen LogP contribution in [0.25, 0.3) is 5.69 Å². The summed E-state index contributed by atoms with van der Waals surface area (Å²) in [7, 11) is 1.53. The number of halogens is 2. The van der Waals surface area contributed by atoms with Crippen LogP contribution in [0.15, 0.2) is 48.5 Å². The number of hydrogen-bond acceptors (Lipinski definition) is 4. The summed E-state index contributed by atoms with van der Waals surface area (Å²) >= 11 is 0. The fourth-order valence-corrected chi connectivity index (χ4v) is 3.51. The van der Waals surface area contributed by atoms with E-state index in [1.807, 2.05) is 52.0 Å². The lowest BCUT2D eigenvalue weighted by Gasteiger charge is -2.23. The van der Waals surface area contributed by atoms with Crippen molar-refractivity contribution in [1.29, 1.82) is 0 Å². The second kappa shape index (κ2) is 12.0. The minimum absolute atomic E-state index is 0.181. The van der Waals surface area contributed by atoms with Crippen molar-refractivity contribution in [2.24, 2.45) is 0 Å². The van der Waals surface area contributed by atoms with Crippen molar-refractivity contribution >= 4 is 23.4 Å². The molecule has 0 aliphatic carbocycles. The molecule has 0 spiro atoms. The van der Waals surface area contributed by atoms with Gasteiger partial charge in [0.1, 0.15) is 24.0 Å². The number of urea groups is 1. The predicted molar refractivity (Wildman–Crippen MR) is 139 cm³/mol. The maximum absolute atomic E-state index is 14.1. The van der Waals surface area contributed by atoms with Crippen LogP contribution in [0.3, 0.4) is 0 Å². The van der Waals surface area contributed by atoms with E-state index >= 15 is 0 Å². The molecule has 0 fully saturated rings. The van der Waals surface area contributed by atoms with E-state index < -0.39 is 23.6 Å². The monoisotopic (exact) mass is 513 g/mol. The van der Waals surface area contributed by atoms with Gasteiger partial charge in [-0.25, -0.2) is 18.3 Å².